The van der Waals surface area contributed by atoms with Crippen molar-refractivity contribution >= 4 is 34.1 Å². The van der Waals surface area contributed by atoms with Gasteiger partial charge in [-0.25, -0.2) is 4.39 Å². The molecule has 0 radical (unpaired) electrons. The first-order valence-electron chi connectivity index (χ1n) is 3.98. The van der Waals surface area contributed by atoms with Gasteiger partial charge in [-0.2, -0.15) is 5.26 Å². The van der Waals surface area contributed by atoms with E-state index in [0.717, 1.165) is 10.9 Å². The lowest BCUT2D eigenvalue weighted by atomic mass is 10.1. The van der Waals surface area contributed by atoms with Crippen LogP contribution >= 0.6 is 24.0 Å². The standard InChI is InChI=1S/C10H6FNS2/c11-9-4-7(13)3-8-6(1-2-12)5-14-10(8)9/h3-5,13H,1H2. The van der Waals surface area contributed by atoms with E-state index in [0.29, 0.717) is 16.0 Å². The van der Waals surface area contributed by atoms with Crippen molar-refractivity contribution in [2.24, 2.45) is 0 Å². The number of benzene rings is 1. The van der Waals surface area contributed by atoms with Crippen LogP contribution in [0.4, 0.5) is 4.39 Å². The maximum absolute atomic E-state index is 13.4. The molecule has 0 unspecified atom stereocenters. The SMILES string of the molecule is N#CCc1csc2c(F)cc(S)cc12. The van der Waals surface area contributed by atoms with Crippen LogP contribution in [0.3, 0.4) is 0 Å². The largest absolute Gasteiger partial charge is 0.205 e. The van der Waals surface area contributed by atoms with E-state index in [4.69, 9.17) is 5.26 Å². The molecule has 14 heavy (non-hydrogen) atoms. The zero-order valence-electron chi connectivity index (χ0n) is 7.12. The molecule has 0 atom stereocenters. The smallest absolute Gasteiger partial charge is 0.142 e. The molecule has 0 spiro atoms. The van der Waals surface area contributed by atoms with Crippen molar-refractivity contribution in [2.45, 2.75) is 11.3 Å². The minimum Gasteiger partial charge on any atom is -0.205 e. The molecule has 4 heteroatoms. The highest BCUT2D eigenvalue weighted by molar-refractivity contribution is 7.80. The third-order valence-electron chi connectivity index (χ3n) is 1.96. The molecule has 1 aromatic heterocycles. The number of nitriles is 1. The summed E-state index contributed by atoms with van der Waals surface area (Å²) in [6.45, 7) is 0. The summed E-state index contributed by atoms with van der Waals surface area (Å²) in [5, 5.41) is 11.2. The number of rotatable bonds is 1. The Kier molecular flexibility index (Phi) is 2.44. The summed E-state index contributed by atoms with van der Waals surface area (Å²) < 4.78 is 14.0. The number of thiophene rings is 1. The van der Waals surface area contributed by atoms with Gasteiger partial charge in [0.1, 0.15) is 5.82 Å². The van der Waals surface area contributed by atoms with Crippen LogP contribution in [0.2, 0.25) is 0 Å². The predicted octanol–water partition coefficient (Wildman–Crippen LogP) is 3.40. The van der Waals surface area contributed by atoms with Crippen molar-refractivity contribution < 1.29 is 4.39 Å². The van der Waals surface area contributed by atoms with Gasteiger partial charge in [0.15, 0.2) is 0 Å². The fourth-order valence-corrected chi connectivity index (χ4v) is 2.55. The van der Waals surface area contributed by atoms with Crippen LogP contribution in [0, 0.1) is 17.1 Å². The normalized spacial score (nSPS) is 10.4. The van der Waals surface area contributed by atoms with Crippen LogP contribution in [-0.4, -0.2) is 0 Å². The van der Waals surface area contributed by atoms with E-state index >= 15 is 0 Å². The van der Waals surface area contributed by atoms with E-state index in [-0.39, 0.29) is 5.82 Å². The number of hydrogen-bond donors (Lipinski definition) is 1. The van der Waals surface area contributed by atoms with Gasteiger partial charge in [0.05, 0.1) is 17.2 Å². The maximum Gasteiger partial charge on any atom is 0.142 e. The second-order valence-electron chi connectivity index (χ2n) is 2.90. The molecule has 1 heterocycles. The average molecular weight is 223 g/mol. The zero-order valence-corrected chi connectivity index (χ0v) is 8.83. The highest BCUT2D eigenvalue weighted by Gasteiger charge is 2.08. The van der Waals surface area contributed by atoms with Gasteiger partial charge in [0.25, 0.3) is 0 Å². The number of halogens is 1. The quantitative estimate of drug-likeness (QED) is 0.736. The van der Waals surface area contributed by atoms with Crippen LogP contribution in [0.25, 0.3) is 10.1 Å². The summed E-state index contributed by atoms with van der Waals surface area (Å²) in [5.41, 5.74) is 0.877. The molecule has 1 aromatic carbocycles. The molecule has 0 amide bonds. The van der Waals surface area contributed by atoms with Crippen LogP contribution in [0.5, 0.6) is 0 Å². The molecule has 0 aliphatic rings. The molecule has 0 bridgehead atoms. The van der Waals surface area contributed by atoms with Crippen molar-refractivity contribution in [3.63, 3.8) is 0 Å². The zero-order chi connectivity index (χ0) is 10.1. The van der Waals surface area contributed by atoms with E-state index in [1.165, 1.54) is 17.4 Å². The third kappa shape index (κ3) is 1.49. The van der Waals surface area contributed by atoms with Crippen LogP contribution in [0.1, 0.15) is 5.56 Å². The van der Waals surface area contributed by atoms with Gasteiger partial charge in [-0.1, -0.05) is 0 Å². The molecule has 0 aliphatic carbocycles. The summed E-state index contributed by atoms with van der Waals surface area (Å²) in [7, 11) is 0. The third-order valence-corrected chi connectivity index (χ3v) is 3.27. The maximum atomic E-state index is 13.4. The molecule has 0 N–H and O–H groups in total. The molecule has 0 fully saturated rings. The Balaban J connectivity index is 2.73. The lowest BCUT2D eigenvalue weighted by Crippen LogP contribution is -1.80. The van der Waals surface area contributed by atoms with Crippen LogP contribution in [0.15, 0.2) is 22.4 Å². The highest BCUT2D eigenvalue weighted by atomic mass is 32.1. The second kappa shape index (κ2) is 3.60. The van der Waals surface area contributed by atoms with Gasteiger partial charge in [0, 0.05) is 10.3 Å². The fraction of sp³-hybridized carbons (Fsp3) is 0.100. The summed E-state index contributed by atoms with van der Waals surface area (Å²) in [4.78, 5) is 0.590. The molecule has 0 aliphatic heterocycles. The molecule has 1 nitrogen and oxygen atoms in total. The number of fused-ring (bicyclic) bond motifs is 1. The molecular formula is C10H6FNS2. The molecule has 2 rings (SSSR count). The Hall–Kier alpha value is -1.05. The van der Waals surface area contributed by atoms with E-state index in [1.807, 2.05) is 5.38 Å². The average Bonchev–Trinajstić information content (AvgIpc) is 2.49. The number of thiol groups is 1. The minimum absolute atomic E-state index is 0.262. The Morgan fingerprint density at radius 1 is 1.50 bits per heavy atom. The topological polar surface area (TPSA) is 23.8 Å². The van der Waals surface area contributed by atoms with Gasteiger partial charge in [-0.05, 0) is 23.1 Å². The van der Waals surface area contributed by atoms with E-state index < -0.39 is 0 Å². The van der Waals surface area contributed by atoms with Gasteiger partial charge in [-0.3, -0.25) is 0 Å². The molecule has 0 saturated heterocycles. The lowest BCUT2D eigenvalue weighted by Gasteiger charge is -1.96. The summed E-state index contributed by atoms with van der Waals surface area (Å²) >= 11 is 5.43. The molecule has 0 saturated carbocycles. The minimum atomic E-state index is -0.262. The van der Waals surface area contributed by atoms with Crippen molar-refractivity contribution in [1.29, 1.82) is 5.26 Å². The van der Waals surface area contributed by atoms with Crippen LogP contribution < -0.4 is 0 Å². The van der Waals surface area contributed by atoms with Crippen molar-refractivity contribution in [2.75, 3.05) is 0 Å². The van der Waals surface area contributed by atoms with E-state index in [1.54, 1.807) is 6.07 Å². The predicted molar refractivity (Wildman–Crippen MR) is 58.4 cm³/mol. The summed E-state index contributed by atoms with van der Waals surface area (Å²) in [6.07, 6.45) is 0.316. The van der Waals surface area contributed by atoms with E-state index in [2.05, 4.69) is 18.7 Å². The molecule has 2 aromatic rings. The summed E-state index contributed by atoms with van der Waals surface area (Å²) in [6, 6.07) is 5.24. The van der Waals surface area contributed by atoms with Crippen molar-refractivity contribution in [1.82, 2.24) is 0 Å². The first-order valence-corrected chi connectivity index (χ1v) is 5.30. The molecular weight excluding hydrogens is 217 g/mol. The van der Waals surface area contributed by atoms with Crippen molar-refractivity contribution in [3.05, 3.63) is 28.9 Å². The van der Waals surface area contributed by atoms with Gasteiger partial charge >= 0.3 is 0 Å². The van der Waals surface area contributed by atoms with Gasteiger partial charge < -0.3 is 0 Å². The number of hydrogen-bond acceptors (Lipinski definition) is 3. The Bertz CT molecular complexity index is 525. The lowest BCUT2D eigenvalue weighted by molar-refractivity contribution is 0.638. The van der Waals surface area contributed by atoms with Crippen LogP contribution in [-0.2, 0) is 6.42 Å². The Labute approximate surface area is 90.2 Å². The highest BCUT2D eigenvalue weighted by Crippen LogP contribution is 2.30. The first kappa shape index (κ1) is 9.50. The van der Waals surface area contributed by atoms with Crippen molar-refractivity contribution in [3.8, 4) is 6.07 Å². The fourth-order valence-electron chi connectivity index (χ4n) is 1.35. The van der Waals surface area contributed by atoms with E-state index in [9.17, 15) is 4.39 Å². The summed E-state index contributed by atoms with van der Waals surface area (Å²) in [5.74, 6) is -0.262. The first-order chi connectivity index (χ1) is 6.72. The Morgan fingerprint density at radius 2 is 2.29 bits per heavy atom. The Morgan fingerprint density at radius 3 is 3.00 bits per heavy atom. The van der Waals surface area contributed by atoms with Gasteiger partial charge in [-0.15, -0.1) is 24.0 Å². The molecule has 70 valence electrons. The number of nitrogens with zero attached hydrogens (tertiary/aromatic N) is 1. The monoisotopic (exact) mass is 223 g/mol. The second-order valence-corrected chi connectivity index (χ2v) is 4.30. The van der Waals surface area contributed by atoms with Gasteiger partial charge in [0.2, 0.25) is 0 Å².